The Morgan fingerprint density at radius 2 is 0.596 bits per heavy atom. The van der Waals surface area contributed by atoms with Crippen LogP contribution in [0.15, 0.2) is 23.0 Å². The highest BCUT2D eigenvalue weighted by Crippen LogP contribution is 2.25. The first-order valence-electron chi connectivity index (χ1n) is 24.9. The van der Waals surface area contributed by atoms with Crippen LogP contribution < -0.4 is 0 Å². The van der Waals surface area contributed by atoms with Gasteiger partial charge < -0.3 is 33.2 Å². The molecule has 57 heavy (non-hydrogen) atoms. The SMILES string of the molecule is CCCCCCCCOC(CCC)=C(OCCCCCCCC)C(CC)OCOCOC(CC)C(OCCCCCCCC)=C(CCC)OCCCCCCCC. The van der Waals surface area contributed by atoms with Gasteiger partial charge in [-0.3, -0.25) is 0 Å². The molecule has 0 rings (SSSR count). The number of rotatable bonds is 46. The van der Waals surface area contributed by atoms with Gasteiger partial charge in [-0.1, -0.05) is 184 Å². The summed E-state index contributed by atoms with van der Waals surface area (Å²) < 4.78 is 45.0. The fourth-order valence-corrected chi connectivity index (χ4v) is 7.03. The van der Waals surface area contributed by atoms with E-state index >= 15 is 0 Å². The Balaban J connectivity index is 5.65. The van der Waals surface area contributed by atoms with E-state index in [1.807, 2.05) is 0 Å². The predicted molar refractivity (Wildman–Crippen MR) is 242 cm³/mol. The number of ether oxygens (including phenoxy) is 7. The molecule has 0 saturated heterocycles. The Bertz CT molecular complexity index is 818. The van der Waals surface area contributed by atoms with Crippen molar-refractivity contribution in [2.45, 2.75) is 260 Å². The molecule has 0 aliphatic rings. The second-order valence-corrected chi connectivity index (χ2v) is 16.1. The highest BCUT2D eigenvalue weighted by atomic mass is 16.7. The highest BCUT2D eigenvalue weighted by molar-refractivity contribution is 5.08. The molecule has 0 bridgehead atoms. The van der Waals surface area contributed by atoms with Gasteiger partial charge in [0.1, 0.15) is 23.7 Å². The molecule has 0 amide bonds. The van der Waals surface area contributed by atoms with E-state index in [-0.39, 0.29) is 25.8 Å². The molecular weight excluding hydrogens is 713 g/mol. The third-order valence-corrected chi connectivity index (χ3v) is 10.6. The van der Waals surface area contributed by atoms with E-state index in [0.29, 0.717) is 13.2 Å². The van der Waals surface area contributed by atoms with Crippen molar-refractivity contribution in [2.75, 3.05) is 40.0 Å². The maximum absolute atomic E-state index is 6.56. The minimum absolute atomic E-state index is 0.115. The summed E-state index contributed by atoms with van der Waals surface area (Å²) in [4.78, 5) is 0. The van der Waals surface area contributed by atoms with Crippen molar-refractivity contribution < 1.29 is 33.2 Å². The summed E-state index contributed by atoms with van der Waals surface area (Å²) in [6.07, 6.45) is 34.4. The van der Waals surface area contributed by atoms with Gasteiger partial charge in [-0.15, -0.1) is 0 Å². The number of allylic oxidation sites excluding steroid dienone is 2. The normalized spacial score (nSPS) is 13.6. The van der Waals surface area contributed by atoms with Gasteiger partial charge in [0.05, 0.1) is 26.4 Å². The van der Waals surface area contributed by atoms with Crippen LogP contribution in [0.4, 0.5) is 0 Å². The Hall–Kier alpha value is -1.44. The Kier molecular flexibility index (Phi) is 43.0. The maximum atomic E-state index is 6.56. The van der Waals surface area contributed by atoms with Crippen molar-refractivity contribution in [3.05, 3.63) is 23.0 Å². The Morgan fingerprint density at radius 3 is 0.877 bits per heavy atom. The van der Waals surface area contributed by atoms with Crippen molar-refractivity contribution >= 4 is 0 Å². The van der Waals surface area contributed by atoms with Gasteiger partial charge in [0.2, 0.25) is 0 Å². The minimum Gasteiger partial charge on any atom is -0.494 e. The first-order valence-corrected chi connectivity index (χ1v) is 24.9. The molecule has 7 nitrogen and oxygen atoms in total. The smallest absolute Gasteiger partial charge is 0.162 e. The summed E-state index contributed by atoms with van der Waals surface area (Å²) >= 11 is 0. The molecule has 7 heteroatoms. The lowest BCUT2D eigenvalue weighted by Crippen LogP contribution is -2.24. The van der Waals surface area contributed by atoms with E-state index in [0.717, 1.165) is 100 Å². The summed E-state index contributed by atoms with van der Waals surface area (Å²) in [5.74, 6) is 3.62. The molecule has 0 aliphatic carbocycles. The Morgan fingerprint density at radius 1 is 0.316 bits per heavy atom. The molecule has 0 radical (unpaired) electrons. The van der Waals surface area contributed by atoms with Crippen LogP contribution >= 0.6 is 0 Å². The molecule has 0 aromatic rings. The quantitative estimate of drug-likeness (QED) is 0.0345. The third-order valence-electron chi connectivity index (χ3n) is 10.6. The van der Waals surface area contributed by atoms with Gasteiger partial charge in [-0.2, -0.15) is 0 Å². The molecule has 0 aromatic carbocycles. The lowest BCUT2D eigenvalue weighted by atomic mass is 10.1. The van der Waals surface area contributed by atoms with E-state index in [1.165, 1.54) is 128 Å². The minimum atomic E-state index is -0.235. The summed E-state index contributed by atoms with van der Waals surface area (Å²) in [6, 6.07) is 0. The summed E-state index contributed by atoms with van der Waals surface area (Å²) in [5, 5.41) is 0. The number of hydrogen-bond donors (Lipinski definition) is 0. The van der Waals surface area contributed by atoms with Crippen LogP contribution in [0, 0.1) is 0 Å². The average molecular weight is 811 g/mol. The highest BCUT2D eigenvalue weighted by Gasteiger charge is 2.23. The van der Waals surface area contributed by atoms with E-state index in [1.54, 1.807) is 0 Å². The van der Waals surface area contributed by atoms with Crippen molar-refractivity contribution in [1.29, 1.82) is 0 Å². The zero-order chi connectivity index (χ0) is 41.9. The van der Waals surface area contributed by atoms with Crippen LogP contribution in [0.5, 0.6) is 0 Å². The molecule has 0 heterocycles. The van der Waals surface area contributed by atoms with Crippen LogP contribution in [0.25, 0.3) is 0 Å². The van der Waals surface area contributed by atoms with Crippen LogP contribution in [0.3, 0.4) is 0 Å². The monoisotopic (exact) mass is 811 g/mol. The zero-order valence-electron chi connectivity index (χ0n) is 39.5. The van der Waals surface area contributed by atoms with E-state index < -0.39 is 0 Å². The lowest BCUT2D eigenvalue weighted by molar-refractivity contribution is -0.166. The zero-order valence-corrected chi connectivity index (χ0v) is 39.5. The fraction of sp³-hybridized carbons (Fsp3) is 0.920. The second-order valence-electron chi connectivity index (χ2n) is 16.1. The second kappa shape index (κ2) is 44.1. The van der Waals surface area contributed by atoms with Gasteiger partial charge >= 0.3 is 0 Å². The summed E-state index contributed by atoms with van der Waals surface area (Å²) in [5.41, 5.74) is 0. The maximum Gasteiger partial charge on any atom is 0.162 e. The van der Waals surface area contributed by atoms with Gasteiger partial charge in [-0.25, -0.2) is 0 Å². The van der Waals surface area contributed by atoms with E-state index in [4.69, 9.17) is 33.2 Å². The fourth-order valence-electron chi connectivity index (χ4n) is 7.03. The first-order chi connectivity index (χ1) is 28.1. The largest absolute Gasteiger partial charge is 0.494 e. The van der Waals surface area contributed by atoms with Crippen molar-refractivity contribution in [3.63, 3.8) is 0 Å². The molecule has 0 N–H and O–H groups in total. The van der Waals surface area contributed by atoms with Crippen molar-refractivity contribution in [2.24, 2.45) is 0 Å². The van der Waals surface area contributed by atoms with E-state index in [2.05, 4.69) is 55.4 Å². The van der Waals surface area contributed by atoms with Crippen molar-refractivity contribution in [3.8, 4) is 0 Å². The topological polar surface area (TPSA) is 64.6 Å². The predicted octanol–water partition coefficient (Wildman–Crippen LogP) is 16.0. The van der Waals surface area contributed by atoms with Gasteiger partial charge in [0.15, 0.2) is 25.1 Å². The number of unbranched alkanes of at least 4 members (excludes halogenated alkanes) is 20. The molecule has 0 aliphatic heterocycles. The van der Waals surface area contributed by atoms with Gasteiger partial charge in [0, 0.05) is 12.8 Å². The molecule has 0 fully saturated rings. The van der Waals surface area contributed by atoms with E-state index in [9.17, 15) is 0 Å². The molecular formula is C50H98O7. The number of hydrogen-bond acceptors (Lipinski definition) is 7. The third kappa shape index (κ3) is 32.1. The molecule has 340 valence electrons. The summed E-state index contributed by atoms with van der Waals surface area (Å²) in [7, 11) is 0. The molecule has 2 atom stereocenters. The molecule has 2 unspecified atom stereocenters. The van der Waals surface area contributed by atoms with Crippen LogP contribution in [-0.2, 0) is 33.2 Å². The molecule has 0 saturated carbocycles. The van der Waals surface area contributed by atoms with Crippen LogP contribution in [0.1, 0.15) is 248 Å². The van der Waals surface area contributed by atoms with Crippen molar-refractivity contribution in [1.82, 2.24) is 0 Å². The standard InChI is InChI=1S/C50H98O7/c1-9-17-21-25-29-33-39-52-47(37-13-5)49(54-41-35-31-27-23-19-11-3)45(15-7)56-43-51-44-57-46(16-8)50(55-42-36-32-28-24-20-12-4)48(38-14-6)53-40-34-30-26-22-18-10-2/h45-46H,9-44H2,1-8H3. The van der Waals surface area contributed by atoms with Crippen LogP contribution in [-0.4, -0.2) is 52.2 Å². The van der Waals surface area contributed by atoms with Gasteiger partial charge in [-0.05, 0) is 51.4 Å². The van der Waals surface area contributed by atoms with Gasteiger partial charge in [0.25, 0.3) is 0 Å². The van der Waals surface area contributed by atoms with Crippen LogP contribution in [0.2, 0.25) is 0 Å². The summed E-state index contributed by atoms with van der Waals surface area (Å²) in [6.45, 7) is 20.8. The first kappa shape index (κ1) is 55.6. The lowest BCUT2D eigenvalue weighted by Gasteiger charge is -2.25. The molecule has 0 spiro atoms. The average Bonchev–Trinajstić information content (AvgIpc) is 3.22. The molecule has 0 aromatic heterocycles. The Labute approximate surface area is 355 Å².